The van der Waals surface area contributed by atoms with E-state index < -0.39 is 0 Å². The van der Waals surface area contributed by atoms with E-state index in [2.05, 4.69) is 26.0 Å². The Morgan fingerprint density at radius 1 is 1.25 bits per heavy atom. The van der Waals surface area contributed by atoms with Crippen molar-refractivity contribution in [2.24, 2.45) is 4.99 Å². The lowest BCUT2D eigenvalue weighted by Crippen LogP contribution is -2.43. The molecule has 3 N–H and O–H groups in total. The molecular formula is C20H29IN6O. The van der Waals surface area contributed by atoms with Crippen LogP contribution in [0.25, 0.3) is 0 Å². The van der Waals surface area contributed by atoms with E-state index in [1.807, 2.05) is 24.3 Å². The number of nitrogens with zero attached hydrogens (tertiary/aromatic N) is 3. The summed E-state index contributed by atoms with van der Waals surface area (Å²) < 4.78 is 1.60. The van der Waals surface area contributed by atoms with E-state index in [1.165, 1.54) is 32.1 Å². The third kappa shape index (κ3) is 7.14. The summed E-state index contributed by atoms with van der Waals surface area (Å²) in [7, 11) is 1.80. The SMILES string of the molecule is CN=C(NCc1cccc(NC(=O)Cn2cccn2)c1)NC1CCCCC1.I. The predicted octanol–water partition coefficient (Wildman–Crippen LogP) is 3.14. The maximum atomic E-state index is 12.1. The highest BCUT2D eigenvalue weighted by atomic mass is 127. The van der Waals surface area contributed by atoms with Gasteiger partial charge in [0.25, 0.3) is 0 Å². The number of rotatable bonds is 6. The largest absolute Gasteiger partial charge is 0.354 e. The number of amides is 1. The molecule has 0 atom stereocenters. The van der Waals surface area contributed by atoms with Gasteiger partial charge < -0.3 is 16.0 Å². The van der Waals surface area contributed by atoms with E-state index in [0.717, 1.165) is 17.2 Å². The number of nitrogens with one attached hydrogen (secondary N) is 3. The fraction of sp³-hybridized carbons (Fsp3) is 0.450. The zero-order valence-electron chi connectivity index (χ0n) is 16.2. The first kappa shape index (κ1) is 22.2. The fourth-order valence-electron chi connectivity index (χ4n) is 3.32. The van der Waals surface area contributed by atoms with Crippen LogP contribution in [0.2, 0.25) is 0 Å². The van der Waals surface area contributed by atoms with Crippen LogP contribution in [0.5, 0.6) is 0 Å². The van der Waals surface area contributed by atoms with Gasteiger partial charge in [-0.2, -0.15) is 5.10 Å². The Bertz CT molecular complexity index is 756. The molecule has 0 spiro atoms. The third-order valence-electron chi connectivity index (χ3n) is 4.71. The number of halogens is 1. The van der Waals surface area contributed by atoms with Crippen LogP contribution in [0.1, 0.15) is 37.7 Å². The molecule has 1 heterocycles. The molecule has 152 valence electrons. The highest BCUT2D eigenvalue weighted by Gasteiger charge is 2.14. The molecule has 1 saturated carbocycles. The highest BCUT2D eigenvalue weighted by Crippen LogP contribution is 2.17. The Kier molecular flexibility index (Phi) is 9.26. The molecule has 28 heavy (non-hydrogen) atoms. The van der Waals surface area contributed by atoms with Crippen LogP contribution in [0.3, 0.4) is 0 Å². The molecule has 1 aliphatic carbocycles. The van der Waals surface area contributed by atoms with Crippen molar-refractivity contribution in [1.29, 1.82) is 0 Å². The molecule has 0 radical (unpaired) electrons. The van der Waals surface area contributed by atoms with Crippen LogP contribution in [0.15, 0.2) is 47.7 Å². The molecule has 0 aliphatic heterocycles. The molecule has 0 bridgehead atoms. The van der Waals surface area contributed by atoms with Crippen LogP contribution in [-0.4, -0.2) is 34.7 Å². The number of benzene rings is 1. The van der Waals surface area contributed by atoms with Gasteiger partial charge in [-0.15, -0.1) is 24.0 Å². The van der Waals surface area contributed by atoms with Crippen molar-refractivity contribution in [3.05, 3.63) is 48.3 Å². The molecule has 1 amide bonds. The second-order valence-corrected chi connectivity index (χ2v) is 6.86. The number of hydrogen-bond acceptors (Lipinski definition) is 3. The average molecular weight is 496 g/mol. The molecule has 1 aromatic heterocycles. The van der Waals surface area contributed by atoms with Gasteiger partial charge in [0, 0.05) is 37.7 Å². The van der Waals surface area contributed by atoms with Gasteiger partial charge in [-0.05, 0) is 36.6 Å². The number of aliphatic imine (C=N–C) groups is 1. The summed E-state index contributed by atoms with van der Waals surface area (Å²) in [6.07, 6.45) is 9.75. The van der Waals surface area contributed by atoms with Crippen molar-refractivity contribution in [2.45, 2.75) is 51.2 Å². The minimum atomic E-state index is -0.0985. The van der Waals surface area contributed by atoms with Crippen molar-refractivity contribution >= 4 is 41.5 Å². The van der Waals surface area contributed by atoms with Gasteiger partial charge >= 0.3 is 0 Å². The lowest BCUT2D eigenvalue weighted by molar-refractivity contribution is -0.116. The summed E-state index contributed by atoms with van der Waals surface area (Å²) in [5, 5.41) is 13.8. The first-order valence-electron chi connectivity index (χ1n) is 9.56. The first-order valence-corrected chi connectivity index (χ1v) is 9.56. The first-order chi connectivity index (χ1) is 13.2. The van der Waals surface area contributed by atoms with E-state index in [9.17, 15) is 4.79 Å². The second kappa shape index (κ2) is 11.7. The average Bonchev–Trinajstić information content (AvgIpc) is 3.19. The standard InChI is InChI=1S/C20H28N6O.HI/c1-21-20(25-17-8-3-2-4-9-17)22-14-16-7-5-10-18(13-16)24-19(27)15-26-12-6-11-23-26;/h5-7,10-13,17H,2-4,8-9,14-15H2,1H3,(H,24,27)(H2,21,22,25);1H. The van der Waals surface area contributed by atoms with Crippen LogP contribution in [0, 0.1) is 0 Å². The van der Waals surface area contributed by atoms with Gasteiger partial charge in [0.15, 0.2) is 5.96 Å². The number of anilines is 1. The van der Waals surface area contributed by atoms with Crippen LogP contribution in [0.4, 0.5) is 5.69 Å². The normalized spacial score (nSPS) is 14.8. The Morgan fingerprint density at radius 2 is 2.07 bits per heavy atom. The number of carbonyl (C=O) groups is 1. The summed E-state index contributed by atoms with van der Waals surface area (Å²) in [5.74, 6) is 0.730. The minimum absolute atomic E-state index is 0. The summed E-state index contributed by atoms with van der Waals surface area (Å²) in [6.45, 7) is 0.850. The monoisotopic (exact) mass is 496 g/mol. The summed E-state index contributed by atoms with van der Waals surface area (Å²) in [4.78, 5) is 16.4. The van der Waals surface area contributed by atoms with Gasteiger partial charge in [-0.25, -0.2) is 0 Å². The second-order valence-electron chi connectivity index (χ2n) is 6.86. The predicted molar refractivity (Wildman–Crippen MR) is 123 cm³/mol. The van der Waals surface area contributed by atoms with Crippen molar-refractivity contribution in [1.82, 2.24) is 20.4 Å². The van der Waals surface area contributed by atoms with Gasteiger partial charge in [0.2, 0.25) is 5.91 Å². The Hall–Kier alpha value is -2.10. The van der Waals surface area contributed by atoms with Gasteiger partial charge in [-0.1, -0.05) is 31.4 Å². The van der Waals surface area contributed by atoms with Gasteiger partial charge in [-0.3, -0.25) is 14.5 Å². The lowest BCUT2D eigenvalue weighted by atomic mass is 9.96. The van der Waals surface area contributed by atoms with Crippen molar-refractivity contribution in [3.63, 3.8) is 0 Å². The number of hydrogen-bond donors (Lipinski definition) is 3. The van der Waals surface area contributed by atoms with Gasteiger partial charge in [0.1, 0.15) is 6.54 Å². The number of guanidine groups is 1. The Morgan fingerprint density at radius 3 is 2.79 bits per heavy atom. The van der Waals surface area contributed by atoms with Crippen molar-refractivity contribution in [2.75, 3.05) is 12.4 Å². The zero-order valence-corrected chi connectivity index (χ0v) is 18.6. The summed E-state index contributed by atoms with van der Waals surface area (Å²) >= 11 is 0. The molecular weight excluding hydrogens is 467 g/mol. The molecule has 1 fully saturated rings. The number of carbonyl (C=O) groups excluding carboxylic acids is 1. The molecule has 3 rings (SSSR count). The molecule has 1 aromatic carbocycles. The van der Waals surface area contributed by atoms with E-state index in [4.69, 9.17) is 0 Å². The van der Waals surface area contributed by atoms with Crippen molar-refractivity contribution in [3.8, 4) is 0 Å². The highest BCUT2D eigenvalue weighted by molar-refractivity contribution is 14.0. The van der Waals surface area contributed by atoms with Crippen molar-refractivity contribution < 1.29 is 4.79 Å². The number of aromatic nitrogens is 2. The quantitative estimate of drug-likeness (QED) is 0.326. The molecule has 2 aromatic rings. The summed E-state index contributed by atoms with van der Waals surface area (Å²) in [5.41, 5.74) is 1.86. The van der Waals surface area contributed by atoms with Crippen LogP contribution >= 0.6 is 24.0 Å². The van der Waals surface area contributed by atoms with E-state index in [1.54, 1.807) is 30.2 Å². The molecule has 8 heteroatoms. The van der Waals surface area contributed by atoms with E-state index in [0.29, 0.717) is 12.6 Å². The van der Waals surface area contributed by atoms with Gasteiger partial charge in [0.05, 0.1) is 0 Å². The third-order valence-corrected chi connectivity index (χ3v) is 4.71. The fourth-order valence-corrected chi connectivity index (χ4v) is 3.32. The minimum Gasteiger partial charge on any atom is -0.354 e. The maximum absolute atomic E-state index is 12.1. The Labute approximate surface area is 183 Å². The van der Waals surface area contributed by atoms with E-state index >= 15 is 0 Å². The lowest BCUT2D eigenvalue weighted by Gasteiger charge is -2.25. The van der Waals surface area contributed by atoms with Crippen LogP contribution < -0.4 is 16.0 Å². The van der Waals surface area contributed by atoms with E-state index in [-0.39, 0.29) is 36.4 Å². The maximum Gasteiger partial charge on any atom is 0.246 e. The van der Waals surface area contributed by atoms with Crippen LogP contribution in [-0.2, 0) is 17.9 Å². The molecule has 0 saturated heterocycles. The summed E-state index contributed by atoms with van der Waals surface area (Å²) in [6, 6.07) is 10.1. The smallest absolute Gasteiger partial charge is 0.246 e. The molecule has 0 unspecified atom stereocenters. The zero-order chi connectivity index (χ0) is 18.9. The molecule has 7 nitrogen and oxygen atoms in total. The topological polar surface area (TPSA) is 83.3 Å². The Balaban J connectivity index is 0.00000280. The molecule has 1 aliphatic rings.